The highest BCUT2D eigenvalue weighted by molar-refractivity contribution is 5.20. The molecular weight excluding hydrogens is 200 g/mol. The van der Waals surface area contributed by atoms with Crippen LogP contribution in [0.4, 0.5) is 0 Å². The van der Waals surface area contributed by atoms with Crippen molar-refractivity contribution in [2.24, 2.45) is 18.8 Å². The lowest BCUT2D eigenvalue weighted by atomic mass is 9.92. The molecule has 1 heterocycles. The number of hydrogen-bond donors (Lipinski definition) is 2. The molecule has 1 aromatic heterocycles. The quantitative estimate of drug-likeness (QED) is 0.574. The topological polar surface area (TPSA) is 55.9 Å². The van der Waals surface area contributed by atoms with Gasteiger partial charge in [0.25, 0.3) is 0 Å². The van der Waals surface area contributed by atoms with Crippen molar-refractivity contribution in [3.05, 3.63) is 17.5 Å². The Morgan fingerprint density at radius 3 is 2.44 bits per heavy atom. The Morgan fingerprint density at radius 1 is 1.44 bits per heavy atom. The molecule has 16 heavy (non-hydrogen) atoms. The van der Waals surface area contributed by atoms with Crippen LogP contribution in [0.5, 0.6) is 0 Å². The molecule has 92 valence electrons. The molecule has 0 aliphatic carbocycles. The highest BCUT2D eigenvalue weighted by Gasteiger charge is 2.18. The maximum absolute atomic E-state index is 5.65. The predicted octanol–water partition coefficient (Wildman–Crippen LogP) is 2.06. The molecule has 0 fully saturated rings. The van der Waals surface area contributed by atoms with Gasteiger partial charge in [0.2, 0.25) is 0 Å². The first kappa shape index (κ1) is 13.2. The Labute approximate surface area is 98.2 Å². The average Bonchev–Trinajstić information content (AvgIpc) is 2.62. The van der Waals surface area contributed by atoms with E-state index >= 15 is 0 Å². The van der Waals surface area contributed by atoms with Gasteiger partial charge in [0.15, 0.2) is 0 Å². The molecule has 3 N–H and O–H groups in total. The van der Waals surface area contributed by atoms with Gasteiger partial charge in [0.05, 0.1) is 6.20 Å². The van der Waals surface area contributed by atoms with Crippen molar-refractivity contribution in [2.45, 2.75) is 46.1 Å². The van der Waals surface area contributed by atoms with Gasteiger partial charge in [-0.1, -0.05) is 26.7 Å². The van der Waals surface area contributed by atoms with E-state index in [-0.39, 0.29) is 6.04 Å². The largest absolute Gasteiger partial charge is 0.273 e. The van der Waals surface area contributed by atoms with Crippen LogP contribution in [0.25, 0.3) is 0 Å². The lowest BCUT2D eigenvalue weighted by molar-refractivity contribution is 0.374. The summed E-state index contributed by atoms with van der Waals surface area (Å²) in [4.78, 5) is 0. The zero-order valence-corrected chi connectivity index (χ0v) is 10.8. The van der Waals surface area contributed by atoms with Crippen molar-refractivity contribution in [3.8, 4) is 0 Å². The molecule has 0 bridgehead atoms. The van der Waals surface area contributed by atoms with Gasteiger partial charge < -0.3 is 0 Å². The van der Waals surface area contributed by atoms with E-state index in [2.05, 4.69) is 31.3 Å². The van der Waals surface area contributed by atoms with E-state index in [4.69, 9.17) is 5.84 Å². The molecule has 1 atom stereocenters. The summed E-state index contributed by atoms with van der Waals surface area (Å²) in [6.45, 7) is 6.55. The standard InChI is InChI=1S/C12H24N4/c1-5-10(6-2)7-12(15-13)11-8-14-16(4)9(11)3/h8,10,12,15H,5-7,13H2,1-4H3. The van der Waals surface area contributed by atoms with E-state index in [0.717, 1.165) is 12.3 Å². The molecule has 0 aromatic carbocycles. The first-order valence-corrected chi connectivity index (χ1v) is 6.08. The fourth-order valence-electron chi connectivity index (χ4n) is 2.10. The minimum atomic E-state index is 0.221. The number of rotatable bonds is 6. The number of nitrogens with two attached hydrogens (primary N) is 1. The molecule has 1 rings (SSSR count). The van der Waals surface area contributed by atoms with Crippen LogP contribution in [-0.2, 0) is 7.05 Å². The van der Waals surface area contributed by atoms with Crippen molar-refractivity contribution >= 4 is 0 Å². The predicted molar refractivity (Wildman–Crippen MR) is 66.7 cm³/mol. The summed E-state index contributed by atoms with van der Waals surface area (Å²) in [5, 5.41) is 4.27. The van der Waals surface area contributed by atoms with Crippen LogP contribution in [0.15, 0.2) is 6.20 Å². The van der Waals surface area contributed by atoms with E-state index in [9.17, 15) is 0 Å². The van der Waals surface area contributed by atoms with E-state index in [1.807, 2.05) is 17.9 Å². The second kappa shape index (κ2) is 6.01. The van der Waals surface area contributed by atoms with E-state index in [1.165, 1.54) is 24.1 Å². The highest BCUT2D eigenvalue weighted by atomic mass is 15.3. The lowest BCUT2D eigenvalue weighted by Gasteiger charge is -2.21. The molecule has 0 saturated heterocycles. The summed E-state index contributed by atoms with van der Waals surface area (Å²) >= 11 is 0. The van der Waals surface area contributed by atoms with Crippen LogP contribution < -0.4 is 11.3 Å². The summed E-state index contributed by atoms with van der Waals surface area (Å²) in [5.41, 5.74) is 5.33. The van der Waals surface area contributed by atoms with Gasteiger partial charge in [-0.15, -0.1) is 0 Å². The van der Waals surface area contributed by atoms with E-state index in [1.54, 1.807) is 0 Å². The third-order valence-corrected chi connectivity index (χ3v) is 3.57. The third kappa shape index (κ3) is 2.83. The fraction of sp³-hybridized carbons (Fsp3) is 0.750. The normalized spacial score (nSPS) is 13.4. The first-order valence-electron chi connectivity index (χ1n) is 6.08. The first-order chi connectivity index (χ1) is 7.63. The SMILES string of the molecule is CCC(CC)CC(NN)c1cnn(C)c1C. The van der Waals surface area contributed by atoms with Gasteiger partial charge in [-0.3, -0.25) is 16.0 Å². The molecule has 1 aromatic rings. The Bertz CT molecular complexity index is 315. The van der Waals surface area contributed by atoms with Gasteiger partial charge in [0.1, 0.15) is 0 Å². The smallest absolute Gasteiger partial charge is 0.0540 e. The van der Waals surface area contributed by atoms with Crippen LogP contribution in [-0.4, -0.2) is 9.78 Å². The van der Waals surface area contributed by atoms with E-state index < -0.39 is 0 Å². The van der Waals surface area contributed by atoms with Crippen LogP contribution >= 0.6 is 0 Å². The van der Waals surface area contributed by atoms with Gasteiger partial charge in [0, 0.05) is 24.3 Å². The highest BCUT2D eigenvalue weighted by Crippen LogP contribution is 2.26. The minimum Gasteiger partial charge on any atom is -0.273 e. The van der Waals surface area contributed by atoms with Crippen molar-refractivity contribution in [3.63, 3.8) is 0 Å². The zero-order chi connectivity index (χ0) is 12.1. The average molecular weight is 224 g/mol. The van der Waals surface area contributed by atoms with Crippen molar-refractivity contribution in [1.29, 1.82) is 0 Å². The van der Waals surface area contributed by atoms with Crippen molar-refractivity contribution < 1.29 is 0 Å². The molecule has 0 aliphatic heterocycles. The Hall–Kier alpha value is -0.870. The Morgan fingerprint density at radius 2 is 2.06 bits per heavy atom. The van der Waals surface area contributed by atoms with Crippen molar-refractivity contribution in [2.75, 3.05) is 0 Å². The van der Waals surface area contributed by atoms with Crippen LogP contribution in [0, 0.1) is 12.8 Å². The second-order valence-electron chi connectivity index (χ2n) is 4.45. The Balaban J connectivity index is 2.78. The molecule has 4 heteroatoms. The molecule has 0 spiro atoms. The summed E-state index contributed by atoms with van der Waals surface area (Å²) in [5.74, 6) is 6.38. The summed E-state index contributed by atoms with van der Waals surface area (Å²) < 4.78 is 1.90. The molecule has 0 radical (unpaired) electrons. The number of hydrazine groups is 1. The summed E-state index contributed by atoms with van der Waals surface area (Å²) in [6.07, 6.45) is 5.40. The van der Waals surface area contributed by atoms with Crippen LogP contribution in [0.3, 0.4) is 0 Å². The van der Waals surface area contributed by atoms with Gasteiger partial charge in [-0.2, -0.15) is 5.10 Å². The number of hydrogen-bond acceptors (Lipinski definition) is 3. The fourth-order valence-corrected chi connectivity index (χ4v) is 2.10. The molecule has 1 unspecified atom stereocenters. The van der Waals surface area contributed by atoms with Gasteiger partial charge in [-0.05, 0) is 19.3 Å². The number of nitrogens with one attached hydrogen (secondary N) is 1. The van der Waals surface area contributed by atoms with Crippen LogP contribution in [0.1, 0.15) is 50.4 Å². The maximum atomic E-state index is 5.65. The monoisotopic (exact) mass is 224 g/mol. The maximum Gasteiger partial charge on any atom is 0.0540 e. The molecule has 0 amide bonds. The molecule has 4 nitrogen and oxygen atoms in total. The summed E-state index contributed by atoms with van der Waals surface area (Å²) in [6, 6.07) is 0.221. The van der Waals surface area contributed by atoms with Crippen LogP contribution in [0.2, 0.25) is 0 Å². The third-order valence-electron chi connectivity index (χ3n) is 3.57. The Kier molecular flexibility index (Phi) is 4.96. The minimum absolute atomic E-state index is 0.221. The van der Waals surface area contributed by atoms with Crippen molar-refractivity contribution in [1.82, 2.24) is 15.2 Å². The zero-order valence-electron chi connectivity index (χ0n) is 10.8. The number of aromatic nitrogens is 2. The second-order valence-corrected chi connectivity index (χ2v) is 4.45. The van der Waals surface area contributed by atoms with E-state index in [0.29, 0.717) is 0 Å². The number of nitrogens with zero attached hydrogens (tertiary/aromatic N) is 2. The molecule has 0 saturated carbocycles. The van der Waals surface area contributed by atoms with Gasteiger partial charge >= 0.3 is 0 Å². The van der Waals surface area contributed by atoms with Gasteiger partial charge in [-0.25, -0.2) is 0 Å². The molecule has 0 aliphatic rings. The lowest BCUT2D eigenvalue weighted by Crippen LogP contribution is -2.30. The number of aryl methyl sites for hydroxylation is 1. The molecular formula is C12H24N4. The summed E-state index contributed by atoms with van der Waals surface area (Å²) in [7, 11) is 1.96.